The zero-order valence-corrected chi connectivity index (χ0v) is 15.9. The summed E-state index contributed by atoms with van der Waals surface area (Å²) in [5.41, 5.74) is 3.68. The first-order chi connectivity index (χ1) is 13.3. The van der Waals surface area contributed by atoms with Crippen LogP contribution in [0.1, 0.15) is 30.4 Å². The lowest BCUT2D eigenvalue weighted by Crippen LogP contribution is -2.46. The van der Waals surface area contributed by atoms with Crippen LogP contribution >= 0.6 is 0 Å². The minimum Gasteiger partial charge on any atom is -0.354 e. The summed E-state index contributed by atoms with van der Waals surface area (Å²) in [4.78, 5) is 20.9. The number of rotatable bonds is 6. The predicted octanol–water partition coefficient (Wildman–Crippen LogP) is 3.11. The molecule has 5 heteroatoms. The number of nitrogens with zero attached hydrogens (tertiary/aromatic N) is 3. The third kappa shape index (κ3) is 4.66. The quantitative estimate of drug-likeness (QED) is 0.800. The summed E-state index contributed by atoms with van der Waals surface area (Å²) in [5.74, 6) is 1.24. The van der Waals surface area contributed by atoms with E-state index in [0.717, 1.165) is 50.5 Å². The van der Waals surface area contributed by atoms with Crippen LogP contribution in [0.15, 0.2) is 42.6 Å². The monoisotopic (exact) mass is 364 g/mol. The Kier molecular flexibility index (Phi) is 5.68. The van der Waals surface area contributed by atoms with Gasteiger partial charge in [0.05, 0.1) is 0 Å². The molecule has 1 saturated heterocycles. The first-order valence-electron chi connectivity index (χ1n) is 10.1. The average Bonchev–Trinajstić information content (AvgIpc) is 2.72. The number of pyridine rings is 1. The van der Waals surface area contributed by atoms with E-state index in [-0.39, 0.29) is 5.91 Å². The van der Waals surface area contributed by atoms with Gasteiger partial charge in [-0.1, -0.05) is 18.2 Å². The van der Waals surface area contributed by atoms with E-state index in [2.05, 4.69) is 50.4 Å². The normalized spacial score (nSPS) is 17.5. The third-order valence-corrected chi connectivity index (χ3v) is 5.60. The number of hydrogen-bond acceptors (Lipinski definition) is 4. The number of fused-ring (bicyclic) bond motifs is 1. The van der Waals surface area contributed by atoms with Gasteiger partial charge in [0, 0.05) is 44.5 Å². The molecule has 0 unspecified atom stereocenters. The second-order valence-corrected chi connectivity index (χ2v) is 7.51. The van der Waals surface area contributed by atoms with E-state index >= 15 is 0 Å². The van der Waals surface area contributed by atoms with Gasteiger partial charge in [0.25, 0.3) is 0 Å². The molecule has 27 heavy (non-hydrogen) atoms. The lowest BCUT2D eigenvalue weighted by atomic mass is 9.98. The number of carbonyl (C=O) groups is 1. The highest BCUT2D eigenvalue weighted by Gasteiger charge is 2.17. The number of carbonyl (C=O) groups excluding carboxylic acids is 1. The molecule has 5 nitrogen and oxygen atoms in total. The highest BCUT2D eigenvalue weighted by molar-refractivity contribution is 5.93. The van der Waals surface area contributed by atoms with Crippen molar-refractivity contribution in [3.63, 3.8) is 0 Å². The number of aryl methyl sites for hydroxylation is 2. The summed E-state index contributed by atoms with van der Waals surface area (Å²) >= 11 is 0. The third-order valence-electron chi connectivity index (χ3n) is 5.60. The summed E-state index contributed by atoms with van der Waals surface area (Å²) < 4.78 is 0. The Labute approximate surface area is 161 Å². The van der Waals surface area contributed by atoms with E-state index in [4.69, 9.17) is 0 Å². The van der Waals surface area contributed by atoms with Gasteiger partial charge in [-0.25, -0.2) is 4.98 Å². The van der Waals surface area contributed by atoms with Gasteiger partial charge in [-0.05, 0) is 61.6 Å². The summed E-state index contributed by atoms with van der Waals surface area (Å²) in [6.07, 6.45) is 6.92. The van der Waals surface area contributed by atoms with Crippen LogP contribution in [0.5, 0.6) is 0 Å². The maximum Gasteiger partial charge on any atom is 0.224 e. The summed E-state index contributed by atoms with van der Waals surface area (Å²) in [6.45, 7) is 5.54. The fraction of sp³-hybridized carbons (Fsp3) is 0.455. The van der Waals surface area contributed by atoms with Crippen LogP contribution in [0, 0.1) is 0 Å². The molecule has 1 fully saturated rings. The molecule has 0 radical (unpaired) electrons. The average molecular weight is 364 g/mol. The Balaban J connectivity index is 1.17. The predicted molar refractivity (Wildman–Crippen MR) is 109 cm³/mol. The van der Waals surface area contributed by atoms with Crippen LogP contribution in [-0.4, -0.2) is 48.5 Å². The van der Waals surface area contributed by atoms with Crippen LogP contribution in [-0.2, 0) is 17.6 Å². The molecule has 0 saturated carbocycles. The first kappa shape index (κ1) is 18.0. The smallest absolute Gasteiger partial charge is 0.224 e. The van der Waals surface area contributed by atoms with Crippen molar-refractivity contribution < 1.29 is 4.79 Å². The molecule has 2 aliphatic rings. The largest absolute Gasteiger partial charge is 0.354 e. The van der Waals surface area contributed by atoms with Gasteiger partial charge in [-0.15, -0.1) is 0 Å². The number of unbranched alkanes of at least 4 members (excludes halogenated alkanes) is 1. The molecule has 1 aromatic heterocycles. The van der Waals surface area contributed by atoms with E-state index in [1.54, 1.807) is 0 Å². The van der Waals surface area contributed by atoms with Crippen molar-refractivity contribution >= 4 is 17.4 Å². The second-order valence-electron chi connectivity index (χ2n) is 7.51. The van der Waals surface area contributed by atoms with Gasteiger partial charge in [0.1, 0.15) is 5.82 Å². The maximum absolute atomic E-state index is 11.5. The lowest BCUT2D eigenvalue weighted by molar-refractivity contribution is -0.116. The van der Waals surface area contributed by atoms with Gasteiger partial charge in [0.2, 0.25) is 5.91 Å². The molecule has 1 aromatic carbocycles. The van der Waals surface area contributed by atoms with Crippen molar-refractivity contribution in [2.24, 2.45) is 0 Å². The molecule has 4 rings (SSSR count). The Morgan fingerprint density at radius 1 is 1.00 bits per heavy atom. The minimum atomic E-state index is 0.137. The molecule has 2 aliphatic heterocycles. The SMILES string of the molecule is O=C1CCc2cc(CCCCN3CCN(c4ccccn4)CC3)ccc2N1. The van der Waals surface area contributed by atoms with Crippen molar-refractivity contribution in [1.82, 2.24) is 9.88 Å². The molecule has 0 bridgehead atoms. The number of nitrogens with one attached hydrogen (secondary N) is 1. The standard InChI is InChI=1S/C22H28N4O/c27-22-10-8-19-17-18(7-9-20(19)24-22)5-2-4-12-25-13-15-26(16-14-25)21-6-1-3-11-23-21/h1,3,6-7,9,11,17H,2,4-5,8,10,12-16H2,(H,24,27). The number of anilines is 2. The van der Waals surface area contributed by atoms with E-state index < -0.39 is 0 Å². The van der Waals surface area contributed by atoms with Crippen molar-refractivity contribution in [3.05, 3.63) is 53.7 Å². The highest BCUT2D eigenvalue weighted by atomic mass is 16.1. The van der Waals surface area contributed by atoms with Crippen LogP contribution in [0.25, 0.3) is 0 Å². The number of hydrogen-bond donors (Lipinski definition) is 1. The molecule has 142 valence electrons. The molecular weight excluding hydrogens is 336 g/mol. The van der Waals surface area contributed by atoms with Crippen molar-refractivity contribution in [3.8, 4) is 0 Å². The van der Waals surface area contributed by atoms with E-state index in [1.807, 2.05) is 12.3 Å². The van der Waals surface area contributed by atoms with Gasteiger partial charge < -0.3 is 10.2 Å². The molecule has 0 atom stereocenters. The summed E-state index contributed by atoms with van der Waals surface area (Å²) in [7, 11) is 0. The van der Waals surface area contributed by atoms with E-state index in [1.165, 1.54) is 30.5 Å². The van der Waals surface area contributed by atoms with Crippen LogP contribution in [0.3, 0.4) is 0 Å². The van der Waals surface area contributed by atoms with Crippen molar-refractivity contribution in [1.29, 1.82) is 0 Å². The maximum atomic E-state index is 11.5. The first-order valence-corrected chi connectivity index (χ1v) is 10.1. The van der Waals surface area contributed by atoms with Gasteiger partial charge in [0.15, 0.2) is 0 Å². The second kappa shape index (κ2) is 8.53. The molecule has 0 aliphatic carbocycles. The Hall–Kier alpha value is -2.40. The number of amides is 1. The Morgan fingerprint density at radius 2 is 1.89 bits per heavy atom. The fourth-order valence-electron chi connectivity index (χ4n) is 4.00. The minimum absolute atomic E-state index is 0.137. The topological polar surface area (TPSA) is 48.5 Å². The molecule has 2 aromatic rings. The van der Waals surface area contributed by atoms with E-state index in [0.29, 0.717) is 6.42 Å². The number of piperazine rings is 1. The van der Waals surface area contributed by atoms with Crippen LogP contribution in [0.2, 0.25) is 0 Å². The molecule has 0 spiro atoms. The van der Waals surface area contributed by atoms with Gasteiger partial charge >= 0.3 is 0 Å². The van der Waals surface area contributed by atoms with Crippen molar-refractivity contribution in [2.45, 2.75) is 32.1 Å². The summed E-state index contributed by atoms with van der Waals surface area (Å²) in [5, 5.41) is 2.96. The van der Waals surface area contributed by atoms with Crippen LogP contribution in [0.4, 0.5) is 11.5 Å². The lowest BCUT2D eigenvalue weighted by Gasteiger charge is -2.35. The fourth-order valence-corrected chi connectivity index (χ4v) is 4.00. The Bertz CT molecular complexity index is 769. The molecule has 3 heterocycles. The Morgan fingerprint density at radius 3 is 2.70 bits per heavy atom. The van der Waals surface area contributed by atoms with Crippen LogP contribution < -0.4 is 10.2 Å². The van der Waals surface area contributed by atoms with Gasteiger partial charge in [-0.2, -0.15) is 0 Å². The van der Waals surface area contributed by atoms with Crippen molar-refractivity contribution in [2.75, 3.05) is 42.9 Å². The number of benzene rings is 1. The molecule has 1 N–H and O–H groups in total. The zero-order valence-electron chi connectivity index (χ0n) is 15.9. The highest BCUT2D eigenvalue weighted by Crippen LogP contribution is 2.24. The summed E-state index contributed by atoms with van der Waals surface area (Å²) in [6, 6.07) is 12.6. The number of aromatic nitrogens is 1. The molecular formula is C22H28N4O. The molecule has 1 amide bonds. The van der Waals surface area contributed by atoms with Gasteiger partial charge in [-0.3, -0.25) is 9.69 Å². The van der Waals surface area contributed by atoms with E-state index in [9.17, 15) is 4.79 Å². The zero-order chi connectivity index (χ0) is 18.5.